The van der Waals surface area contributed by atoms with Gasteiger partial charge in [-0.05, 0) is 52.7 Å². The van der Waals surface area contributed by atoms with Crippen LogP contribution in [0.2, 0.25) is 0 Å². The Balaban J connectivity index is 2.23. The second kappa shape index (κ2) is 3.99. The SMILES string of the molecule is Cc1cc(Br)cc2[nH]c(-c3ccc(Br)o3)nc12. The first kappa shape index (κ1) is 11.0. The van der Waals surface area contributed by atoms with Crippen LogP contribution in [-0.4, -0.2) is 9.97 Å². The lowest BCUT2D eigenvalue weighted by molar-refractivity contribution is 0.552. The maximum Gasteiger partial charge on any atom is 0.174 e. The first-order chi connectivity index (χ1) is 8.13. The van der Waals surface area contributed by atoms with Crippen molar-refractivity contribution in [3.63, 3.8) is 0 Å². The third-order valence-corrected chi connectivity index (χ3v) is 3.43. The molecule has 0 amide bonds. The number of hydrogen-bond donors (Lipinski definition) is 1. The summed E-state index contributed by atoms with van der Waals surface area (Å²) in [5.41, 5.74) is 3.10. The molecule has 0 aliphatic rings. The molecule has 5 heteroatoms. The predicted octanol–water partition coefficient (Wildman–Crippen LogP) is 4.66. The number of H-pyrrole nitrogens is 1. The third-order valence-electron chi connectivity index (χ3n) is 2.55. The van der Waals surface area contributed by atoms with Gasteiger partial charge in [0.05, 0.1) is 11.0 Å². The van der Waals surface area contributed by atoms with E-state index in [0.717, 1.165) is 32.7 Å². The van der Waals surface area contributed by atoms with Gasteiger partial charge in [0.25, 0.3) is 0 Å². The molecule has 0 saturated carbocycles. The summed E-state index contributed by atoms with van der Waals surface area (Å²) in [6, 6.07) is 7.79. The maximum atomic E-state index is 5.48. The molecule has 2 aromatic heterocycles. The molecular weight excluding hydrogens is 348 g/mol. The molecular formula is C12H8Br2N2O. The average molecular weight is 356 g/mol. The fourth-order valence-electron chi connectivity index (χ4n) is 1.80. The van der Waals surface area contributed by atoms with Gasteiger partial charge >= 0.3 is 0 Å². The Morgan fingerprint density at radius 2 is 2.06 bits per heavy atom. The first-order valence-electron chi connectivity index (χ1n) is 5.05. The van der Waals surface area contributed by atoms with Gasteiger partial charge in [-0.15, -0.1) is 0 Å². The van der Waals surface area contributed by atoms with Gasteiger partial charge in [0.1, 0.15) is 0 Å². The molecule has 0 aliphatic heterocycles. The quantitative estimate of drug-likeness (QED) is 0.689. The summed E-state index contributed by atoms with van der Waals surface area (Å²) in [4.78, 5) is 7.80. The number of nitrogens with zero attached hydrogens (tertiary/aromatic N) is 1. The lowest BCUT2D eigenvalue weighted by atomic mass is 10.2. The molecule has 3 rings (SSSR count). The second-order valence-corrected chi connectivity index (χ2v) is 5.51. The molecule has 0 unspecified atom stereocenters. The van der Waals surface area contributed by atoms with Crippen molar-refractivity contribution in [2.24, 2.45) is 0 Å². The Morgan fingerprint density at radius 1 is 1.24 bits per heavy atom. The number of fused-ring (bicyclic) bond motifs is 1. The largest absolute Gasteiger partial charge is 0.446 e. The van der Waals surface area contributed by atoms with Gasteiger partial charge in [-0.3, -0.25) is 0 Å². The molecule has 1 N–H and O–H groups in total. The summed E-state index contributed by atoms with van der Waals surface area (Å²) < 4.78 is 7.22. The number of imidazole rings is 1. The lowest BCUT2D eigenvalue weighted by Crippen LogP contribution is -1.77. The van der Waals surface area contributed by atoms with Crippen LogP contribution in [0.15, 0.2) is 37.8 Å². The molecule has 0 radical (unpaired) electrons. The van der Waals surface area contributed by atoms with Crippen molar-refractivity contribution < 1.29 is 4.42 Å². The molecule has 0 bridgehead atoms. The highest BCUT2D eigenvalue weighted by Crippen LogP contribution is 2.28. The molecule has 0 atom stereocenters. The molecule has 0 fully saturated rings. The Labute approximate surface area is 114 Å². The highest BCUT2D eigenvalue weighted by molar-refractivity contribution is 9.10. The summed E-state index contributed by atoms with van der Waals surface area (Å²) in [7, 11) is 0. The van der Waals surface area contributed by atoms with Crippen molar-refractivity contribution in [2.75, 3.05) is 0 Å². The number of furan rings is 1. The average Bonchev–Trinajstić information content (AvgIpc) is 2.83. The van der Waals surface area contributed by atoms with Gasteiger partial charge in [-0.25, -0.2) is 4.98 Å². The summed E-state index contributed by atoms with van der Waals surface area (Å²) >= 11 is 6.76. The van der Waals surface area contributed by atoms with E-state index in [1.165, 1.54) is 0 Å². The zero-order chi connectivity index (χ0) is 12.0. The van der Waals surface area contributed by atoms with E-state index in [1.54, 1.807) is 0 Å². The summed E-state index contributed by atoms with van der Waals surface area (Å²) in [5.74, 6) is 1.47. The molecule has 0 spiro atoms. The van der Waals surface area contributed by atoms with Gasteiger partial charge in [0.15, 0.2) is 16.3 Å². The third kappa shape index (κ3) is 1.93. The number of benzene rings is 1. The van der Waals surface area contributed by atoms with Crippen molar-refractivity contribution in [3.05, 3.63) is 39.0 Å². The minimum atomic E-state index is 0.700. The topological polar surface area (TPSA) is 41.8 Å². The highest BCUT2D eigenvalue weighted by atomic mass is 79.9. The van der Waals surface area contributed by atoms with E-state index in [-0.39, 0.29) is 0 Å². The fraction of sp³-hybridized carbons (Fsp3) is 0.0833. The standard InChI is InChI=1S/C12H8Br2N2O/c1-6-4-7(13)5-8-11(6)16-12(15-8)9-2-3-10(14)17-9/h2-5H,1H3,(H,15,16). The van der Waals surface area contributed by atoms with E-state index in [2.05, 4.69) is 41.8 Å². The van der Waals surface area contributed by atoms with Crippen molar-refractivity contribution >= 4 is 42.9 Å². The van der Waals surface area contributed by atoms with E-state index in [9.17, 15) is 0 Å². The van der Waals surface area contributed by atoms with E-state index < -0.39 is 0 Å². The van der Waals surface area contributed by atoms with Crippen molar-refractivity contribution in [2.45, 2.75) is 6.92 Å². The van der Waals surface area contributed by atoms with Crippen molar-refractivity contribution in [1.82, 2.24) is 9.97 Å². The molecule has 17 heavy (non-hydrogen) atoms. The van der Waals surface area contributed by atoms with Gasteiger partial charge < -0.3 is 9.40 Å². The highest BCUT2D eigenvalue weighted by Gasteiger charge is 2.10. The number of aromatic nitrogens is 2. The summed E-state index contributed by atoms with van der Waals surface area (Å²) in [6.07, 6.45) is 0. The molecule has 86 valence electrons. The molecule has 2 heterocycles. The van der Waals surface area contributed by atoms with E-state index >= 15 is 0 Å². The van der Waals surface area contributed by atoms with E-state index in [1.807, 2.05) is 31.2 Å². The number of halogens is 2. The van der Waals surface area contributed by atoms with Crippen LogP contribution in [0.25, 0.3) is 22.6 Å². The number of aromatic amines is 1. The minimum Gasteiger partial charge on any atom is -0.446 e. The van der Waals surface area contributed by atoms with Gasteiger partial charge in [0.2, 0.25) is 0 Å². The Hall–Kier alpha value is -1.07. The van der Waals surface area contributed by atoms with Crippen LogP contribution in [0.4, 0.5) is 0 Å². The number of aryl methyl sites for hydroxylation is 1. The molecule has 0 saturated heterocycles. The van der Waals surface area contributed by atoms with Crippen LogP contribution in [0.5, 0.6) is 0 Å². The monoisotopic (exact) mass is 354 g/mol. The van der Waals surface area contributed by atoms with Gasteiger partial charge in [0, 0.05) is 4.47 Å². The van der Waals surface area contributed by atoms with Crippen LogP contribution in [0.3, 0.4) is 0 Å². The van der Waals surface area contributed by atoms with Crippen LogP contribution >= 0.6 is 31.9 Å². The Bertz CT molecular complexity index is 700. The molecule has 3 nitrogen and oxygen atoms in total. The van der Waals surface area contributed by atoms with Crippen LogP contribution in [-0.2, 0) is 0 Å². The Morgan fingerprint density at radius 3 is 2.76 bits per heavy atom. The van der Waals surface area contributed by atoms with Gasteiger partial charge in [-0.1, -0.05) is 15.9 Å². The van der Waals surface area contributed by atoms with E-state index in [0.29, 0.717) is 4.67 Å². The zero-order valence-electron chi connectivity index (χ0n) is 8.92. The molecule has 1 aromatic carbocycles. The van der Waals surface area contributed by atoms with Crippen LogP contribution in [0.1, 0.15) is 5.56 Å². The molecule has 3 aromatic rings. The fourth-order valence-corrected chi connectivity index (χ4v) is 2.68. The summed E-state index contributed by atoms with van der Waals surface area (Å²) in [5, 5.41) is 0. The smallest absolute Gasteiger partial charge is 0.174 e. The normalized spacial score (nSPS) is 11.2. The second-order valence-electron chi connectivity index (χ2n) is 3.81. The number of rotatable bonds is 1. The van der Waals surface area contributed by atoms with Gasteiger partial charge in [-0.2, -0.15) is 0 Å². The zero-order valence-corrected chi connectivity index (χ0v) is 12.1. The first-order valence-corrected chi connectivity index (χ1v) is 6.63. The number of hydrogen-bond acceptors (Lipinski definition) is 2. The maximum absolute atomic E-state index is 5.48. The summed E-state index contributed by atoms with van der Waals surface area (Å²) in [6.45, 7) is 2.04. The van der Waals surface area contributed by atoms with Crippen molar-refractivity contribution in [3.8, 4) is 11.6 Å². The Kier molecular flexibility index (Phi) is 2.60. The molecule has 0 aliphatic carbocycles. The predicted molar refractivity (Wildman–Crippen MR) is 73.9 cm³/mol. The van der Waals surface area contributed by atoms with E-state index in [4.69, 9.17) is 4.42 Å². The minimum absolute atomic E-state index is 0.700. The lowest BCUT2D eigenvalue weighted by Gasteiger charge is -1.94. The van der Waals surface area contributed by atoms with Crippen LogP contribution < -0.4 is 0 Å². The van der Waals surface area contributed by atoms with Crippen molar-refractivity contribution in [1.29, 1.82) is 0 Å². The van der Waals surface area contributed by atoms with Crippen LogP contribution in [0, 0.1) is 6.92 Å². The number of nitrogens with one attached hydrogen (secondary N) is 1.